The van der Waals surface area contributed by atoms with Gasteiger partial charge in [-0.1, -0.05) is 20.8 Å². The van der Waals surface area contributed by atoms with Crippen LogP contribution in [0.15, 0.2) is 30.5 Å². The van der Waals surface area contributed by atoms with E-state index in [9.17, 15) is 0 Å². The summed E-state index contributed by atoms with van der Waals surface area (Å²) in [7, 11) is 0. The minimum absolute atomic E-state index is 0.246. The summed E-state index contributed by atoms with van der Waals surface area (Å²) in [5, 5.41) is 4.54. The van der Waals surface area contributed by atoms with Gasteiger partial charge in [-0.05, 0) is 29.7 Å². The number of nitrogens with two attached hydrogens (primary N) is 1. The van der Waals surface area contributed by atoms with Gasteiger partial charge in [-0.15, -0.1) is 0 Å². The molecule has 1 aromatic carbocycles. The van der Waals surface area contributed by atoms with Crippen LogP contribution >= 0.6 is 0 Å². The van der Waals surface area contributed by atoms with Gasteiger partial charge in [-0.25, -0.2) is 0 Å². The van der Waals surface area contributed by atoms with Crippen molar-refractivity contribution >= 4 is 22.3 Å². The third kappa shape index (κ3) is 2.87. The molecule has 90 valence electrons. The van der Waals surface area contributed by atoms with Crippen LogP contribution in [0.25, 0.3) is 10.9 Å². The molecule has 17 heavy (non-hydrogen) atoms. The smallest absolute Gasteiger partial charge is 0.0724 e. The molecule has 0 fully saturated rings. The second-order valence-corrected chi connectivity index (χ2v) is 5.55. The van der Waals surface area contributed by atoms with E-state index in [-0.39, 0.29) is 5.41 Å². The van der Waals surface area contributed by atoms with Gasteiger partial charge in [0.2, 0.25) is 0 Å². The number of hydrogen-bond donors (Lipinski definition) is 2. The largest absolute Gasteiger partial charge is 0.399 e. The zero-order valence-electron chi connectivity index (χ0n) is 10.6. The second kappa shape index (κ2) is 4.24. The van der Waals surface area contributed by atoms with Crippen LogP contribution in [0.2, 0.25) is 0 Å². The maximum atomic E-state index is 5.82. The van der Waals surface area contributed by atoms with Crippen molar-refractivity contribution in [1.29, 1.82) is 0 Å². The molecule has 0 amide bonds. The highest BCUT2D eigenvalue weighted by molar-refractivity contribution is 5.93. The van der Waals surface area contributed by atoms with Gasteiger partial charge < -0.3 is 11.1 Å². The van der Waals surface area contributed by atoms with Crippen LogP contribution in [0, 0.1) is 5.41 Å². The van der Waals surface area contributed by atoms with E-state index < -0.39 is 0 Å². The molecule has 0 saturated carbocycles. The molecule has 0 unspecified atom stereocenters. The van der Waals surface area contributed by atoms with Gasteiger partial charge >= 0.3 is 0 Å². The predicted molar refractivity (Wildman–Crippen MR) is 74.1 cm³/mol. The van der Waals surface area contributed by atoms with Crippen molar-refractivity contribution in [2.45, 2.75) is 20.8 Å². The van der Waals surface area contributed by atoms with Gasteiger partial charge in [0.1, 0.15) is 0 Å². The van der Waals surface area contributed by atoms with Gasteiger partial charge in [0.25, 0.3) is 0 Å². The normalized spacial score (nSPS) is 11.7. The van der Waals surface area contributed by atoms with Gasteiger partial charge in [-0.3, -0.25) is 4.98 Å². The van der Waals surface area contributed by atoms with Crippen LogP contribution in [0.3, 0.4) is 0 Å². The molecule has 0 saturated heterocycles. The highest BCUT2D eigenvalue weighted by atomic mass is 14.9. The lowest BCUT2D eigenvalue weighted by Crippen LogP contribution is -2.19. The molecule has 2 aromatic rings. The lowest BCUT2D eigenvalue weighted by Gasteiger charge is -2.20. The number of nitrogens with one attached hydrogen (secondary N) is 1. The SMILES string of the molecule is CC(C)(C)CNc1ccnc2ccc(N)cc12. The molecule has 0 aliphatic carbocycles. The van der Waals surface area contributed by atoms with E-state index in [2.05, 4.69) is 31.1 Å². The summed E-state index contributed by atoms with van der Waals surface area (Å²) in [6.07, 6.45) is 1.82. The summed E-state index contributed by atoms with van der Waals surface area (Å²) in [6.45, 7) is 7.54. The Labute approximate surface area is 102 Å². The average molecular weight is 229 g/mol. The third-order valence-corrected chi connectivity index (χ3v) is 2.57. The van der Waals surface area contributed by atoms with E-state index in [0.29, 0.717) is 0 Å². The molecule has 0 spiro atoms. The van der Waals surface area contributed by atoms with E-state index >= 15 is 0 Å². The Kier molecular flexibility index (Phi) is 2.92. The summed E-state index contributed by atoms with van der Waals surface area (Å²) in [5.41, 5.74) is 8.90. The fourth-order valence-corrected chi connectivity index (χ4v) is 1.68. The van der Waals surface area contributed by atoms with Crippen LogP contribution in [0.5, 0.6) is 0 Å². The molecule has 0 aliphatic heterocycles. The first-order valence-electron chi connectivity index (χ1n) is 5.84. The highest BCUT2D eigenvalue weighted by Crippen LogP contribution is 2.25. The van der Waals surface area contributed by atoms with Crippen molar-refractivity contribution < 1.29 is 0 Å². The summed E-state index contributed by atoms with van der Waals surface area (Å²) in [6, 6.07) is 7.79. The van der Waals surface area contributed by atoms with Crippen molar-refractivity contribution in [2.24, 2.45) is 5.41 Å². The van der Waals surface area contributed by atoms with Crippen LogP contribution < -0.4 is 11.1 Å². The zero-order valence-corrected chi connectivity index (χ0v) is 10.6. The molecule has 0 bridgehead atoms. The fraction of sp³-hybridized carbons (Fsp3) is 0.357. The molecular weight excluding hydrogens is 210 g/mol. The van der Waals surface area contributed by atoms with Crippen LogP contribution in [0.4, 0.5) is 11.4 Å². The Bertz CT molecular complexity index is 526. The van der Waals surface area contributed by atoms with Crippen molar-refractivity contribution in [3.63, 3.8) is 0 Å². The minimum atomic E-state index is 0.246. The van der Waals surface area contributed by atoms with Crippen molar-refractivity contribution in [3.8, 4) is 0 Å². The summed E-state index contributed by atoms with van der Waals surface area (Å²) in [5.74, 6) is 0. The summed E-state index contributed by atoms with van der Waals surface area (Å²) < 4.78 is 0. The van der Waals surface area contributed by atoms with E-state index in [1.165, 1.54) is 0 Å². The Morgan fingerprint density at radius 1 is 1.24 bits per heavy atom. The van der Waals surface area contributed by atoms with Crippen molar-refractivity contribution in [1.82, 2.24) is 4.98 Å². The number of rotatable bonds is 2. The number of pyridine rings is 1. The first-order valence-corrected chi connectivity index (χ1v) is 5.84. The standard InChI is InChI=1S/C14H19N3/c1-14(2,3)9-17-13-6-7-16-12-5-4-10(15)8-11(12)13/h4-8H,9,15H2,1-3H3,(H,16,17). The van der Waals surface area contributed by atoms with E-state index in [0.717, 1.165) is 28.8 Å². The number of aromatic nitrogens is 1. The molecule has 0 radical (unpaired) electrons. The molecule has 0 aliphatic rings. The molecule has 0 atom stereocenters. The van der Waals surface area contributed by atoms with Gasteiger partial charge in [0, 0.05) is 29.5 Å². The van der Waals surface area contributed by atoms with Gasteiger partial charge in [0.15, 0.2) is 0 Å². The summed E-state index contributed by atoms with van der Waals surface area (Å²) >= 11 is 0. The molecule has 3 nitrogen and oxygen atoms in total. The molecule has 2 rings (SSSR count). The Hall–Kier alpha value is -1.77. The average Bonchev–Trinajstić information content (AvgIpc) is 2.25. The fourth-order valence-electron chi connectivity index (χ4n) is 1.68. The maximum Gasteiger partial charge on any atom is 0.0724 e. The molecule has 3 N–H and O–H groups in total. The minimum Gasteiger partial charge on any atom is -0.399 e. The lowest BCUT2D eigenvalue weighted by molar-refractivity contribution is 0.443. The van der Waals surface area contributed by atoms with Crippen LogP contribution in [0.1, 0.15) is 20.8 Å². The predicted octanol–water partition coefficient (Wildman–Crippen LogP) is 3.28. The van der Waals surface area contributed by atoms with Crippen LogP contribution in [-0.2, 0) is 0 Å². The molecule has 1 aromatic heterocycles. The first kappa shape index (κ1) is 11.7. The second-order valence-electron chi connectivity index (χ2n) is 5.55. The first-order chi connectivity index (χ1) is 7.96. The van der Waals surface area contributed by atoms with Crippen molar-refractivity contribution in [3.05, 3.63) is 30.5 Å². The van der Waals surface area contributed by atoms with E-state index in [1.807, 2.05) is 30.5 Å². The Balaban J connectivity index is 2.36. The highest BCUT2D eigenvalue weighted by Gasteiger charge is 2.10. The number of anilines is 2. The zero-order chi connectivity index (χ0) is 12.5. The number of fused-ring (bicyclic) bond motifs is 1. The topological polar surface area (TPSA) is 50.9 Å². The number of nitrogen functional groups attached to an aromatic ring is 1. The van der Waals surface area contributed by atoms with E-state index in [1.54, 1.807) is 0 Å². The monoisotopic (exact) mass is 229 g/mol. The number of benzene rings is 1. The maximum absolute atomic E-state index is 5.82. The molecule has 3 heteroatoms. The number of hydrogen-bond acceptors (Lipinski definition) is 3. The number of nitrogens with zero attached hydrogens (tertiary/aromatic N) is 1. The summed E-state index contributed by atoms with van der Waals surface area (Å²) in [4.78, 5) is 4.33. The van der Waals surface area contributed by atoms with Crippen molar-refractivity contribution in [2.75, 3.05) is 17.6 Å². The quantitative estimate of drug-likeness (QED) is 0.777. The van der Waals surface area contributed by atoms with Gasteiger partial charge in [0.05, 0.1) is 5.52 Å². The van der Waals surface area contributed by atoms with Gasteiger partial charge in [-0.2, -0.15) is 0 Å². The third-order valence-electron chi connectivity index (χ3n) is 2.57. The molecule has 1 heterocycles. The Morgan fingerprint density at radius 3 is 2.71 bits per heavy atom. The lowest BCUT2D eigenvalue weighted by atomic mass is 9.97. The van der Waals surface area contributed by atoms with Crippen LogP contribution in [-0.4, -0.2) is 11.5 Å². The molecular formula is C14H19N3. The Morgan fingerprint density at radius 2 is 2.00 bits per heavy atom. The van der Waals surface area contributed by atoms with E-state index in [4.69, 9.17) is 5.73 Å².